The maximum atomic E-state index is 13.4. The molecule has 3 N–H and O–H groups in total. The largest absolute Gasteiger partial charge is 0.350 e. The van der Waals surface area contributed by atoms with Crippen molar-refractivity contribution in [3.63, 3.8) is 0 Å². The fourth-order valence-electron chi connectivity index (χ4n) is 2.40. The molecule has 0 bridgehead atoms. The second-order valence-corrected chi connectivity index (χ2v) is 5.65. The SMILES string of the molecule is CN(C)C(CNC(=O)c1ccc(CN)cc1)c1cccc(F)c1.Cl. The molecule has 1 amide bonds. The molecule has 0 aliphatic heterocycles. The van der Waals surface area contributed by atoms with E-state index in [1.54, 1.807) is 18.2 Å². The van der Waals surface area contributed by atoms with Crippen molar-refractivity contribution in [2.45, 2.75) is 12.6 Å². The molecule has 0 heterocycles. The number of hydrogen-bond acceptors (Lipinski definition) is 3. The van der Waals surface area contributed by atoms with Crippen LogP contribution in [0.5, 0.6) is 0 Å². The maximum absolute atomic E-state index is 13.4. The van der Waals surface area contributed by atoms with Crippen LogP contribution in [0, 0.1) is 5.82 Å². The minimum Gasteiger partial charge on any atom is -0.350 e. The molecule has 0 spiro atoms. The molecule has 1 atom stereocenters. The number of hydrogen-bond donors (Lipinski definition) is 2. The van der Waals surface area contributed by atoms with Crippen LogP contribution >= 0.6 is 12.4 Å². The van der Waals surface area contributed by atoms with Crippen molar-refractivity contribution < 1.29 is 9.18 Å². The Morgan fingerprint density at radius 1 is 1.21 bits per heavy atom. The summed E-state index contributed by atoms with van der Waals surface area (Å²) >= 11 is 0. The molecule has 0 radical (unpaired) electrons. The molecule has 1 unspecified atom stereocenters. The number of rotatable bonds is 6. The Morgan fingerprint density at radius 3 is 2.42 bits per heavy atom. The van der Waals surface area contributed by atoms with E-state index in [-0.39, 0.29) is 30.2 Å². The number of carbonyl (C=O) groups is 1. The van der Waals surface area contributed by atoms with Crippen LogP contribution in [0.15, 0.2) is 48.5 Å². The van der Waals surface area contributed by atoms with Gasteiger partial charge >= 0.3 is 0 Å². The van der Waals surface area contributed by atoms with Gasteiger partial charge in [-0.15, -0.1) is 12.4 Å². The molecule has 0 aliphatic rings. The predicted octanol–water partition coefficient (Wildman–Crippen LogP) is 2.74. The monoisotopic (exact) mass is 351 g/mol. The summed E-state index contributed by atoms with van der Waals surface area (Å²) in [5.74, 6) is -0.435. The number of carbonyl (C=O) groups excluding carboxylic acids is 1. The Bertz CT molecular complexity index is 662. The summed E-state index contributed by atoms with van der Waals surface area (Å²) in [6, 6.07) is 13.5. The highest BCUT2D eigenvalue weighted by Gasteiger charge is 2.16. The van der Waals surface area contributed by atoms with E-state index in [0.717, 1.165) is 11.1 Å². The summed E-state index contributed by atoms with van der Waals surface area (Å²) in [6.45, 7) is 0.845. The minimum absolute atomic E-state index is 0. The molecule has 0 aliphatic carbocycles. The van der Waals surface area contributed by atoms with E-state index in [1.807, 2.05) is 37.2 Å². The van der Waals surface area contributed by atoms with Gasteiger partial charge in [-0.05, 0) is 49.5 Å². The summed E-state index contributed by atoms with van der Waals surface area (Å²) in [5.41, 5.74) is 7.94. The first-order valence-corrected chi connectivity index (χ1v) is 7.50. The Morgan fingerprint density at radius 2 is 1.88 bits per heavy atom. The van der Waals surface area contributed by atoms with Gasteiger partial charge in [0.1, 0.15) is 5.82 Å². The van der Waals surface area contributed by atoms with Crippen LogP contribution in [-0.2, 0) is 6.54 Å². The van der Waals surface area contributed by atoms with Crippen LogP contribution in [0.25, 0.3) is 0 Å². The Kier molecular flexibility index (Phi) is 7.85. The molecule has 0 saturated carbocycles. The minimum atomic E-state index is -0.280. The summed E-state index contributed by atoms with van der Waals surface area (Å²) in [6.07, 6.45) is 0. The third kappa shape index (κ3) is 5.30. The van der Waals surface area contributed by atoms with Gasteiger partial charge in [-0.3, -0.25) is 4.79 Å². The molecule has 0 aromatic heterocycles. The van der Waals surface area contributed by atoms with Crippen LogP contribution < -0.4 is 11.1 Å². The highest BCUT2D eigenvalue weighted by atomic mass is 35.5. The lowest BCUT2D eigenvalue weighted by Crippen LogP contribution is -2.34. The molecule has 2 aromatic carbocycles. The average molecular weight is 352 g/mol. The number of nitrogens with one attached hydrogen (secondary N) is 1. The van der Waals surface area contributed by atoms with Gasteiger partial charge in [0.05, 0.1) is 6.04 Å². The molecule has 2 rings (SSSR count). The number of likely N-dealkylation sites (N-methyl/N-ethyl adjacent to an activating group) is 1. The summed E-state index contributed by atoms with van der Waals surface area (Å²) in [7, 11) is 3.80. The summed E-state index contributed by atoms with van der Waals surface area (Å²) in [4.78, 5) is 14.2. The van der Waals surface area contributed by atoms with E-state index in [1.165, 1.54) is 12.1 Å². The summed E-state index contributed by atoms with van der Waals surface area (Å²) < 4.78 is 13.4. The lowest BCUT2D eigenvalue weighted by molar-refractivity contribution is 0.0942. The first kappa shape index (κ1) is 20.1. The number of nitrogens with two attached hydrogens (primary N) is 1. The molecular weight excluding hydrogens is 329 g/mol. The fourth-order valence-corrected chi connectivity index (χ4v) is 2.40. The van der Waals surface area contributed by atoms with Crippen molar-refractivity contribution in [1.82, 2.24) is 10.2 Å². The standard InChI is InChI=1S/C18H22FN3O.ClH/c1-22(2)17(15-4-3-5-16(19)10-15)12-21-18(23)14-8-6-13(11-20)7-9-14;/h3-10,17H,11-12,20H2,1-2H3,(H,21,23);1H. The zero-order valence-electron chi connectivity index (χ0n) is 13.8. The lowest BCUT2D eigenvalue weighted by Gasteiger charge is -2.25. The molecule has 130 valence electrons. The summed E-state index contributed by atoms with van der Waals surface area (Å²) in [5, 5.41) is 2.90. The number of amides is 1. The van der Waals surface area contributed by atoms with E-state index in [9.17, 15) is 9.18 Å². The molecule has 4 nitrogen and oxygen atoms in total. The zero-order valence-corrected chi connectivity index (χ0v) is 14.6. The van der Waals surface area contributed by atoms with Crippen LogP contribution in [0.3, 0.4) is 0 Å². The van der Waals surface area contributed by atoms with Crippen molar-refractivity contribution in [2.24, 2.45) is 5.73 Å². The van der Waals surface area contributed by atoms with Gasteiger partial charge in [0.25, 0.3) is 5.91 Å². The van der Waals surface area contributed by atoms with E-state index in [4.69, 9.17) is 5.73 Å². The molecule has 24 heavy (non-hydrogen) atoms. The normalized spacial score (nSPS) is 11.7. The Balaban J connectivity index is 0.00000288. The topological polar surface area (TPSA) is 58.4 Å². The molecular formula is C18H23ClFN3O. The van der Waals surface area contributed by atoms with Gasteiger partial charge < -0.3 is 16.0 Å². The second-order valence-electron chi connectivity index (χ2n) is 5.65. The average Bonchev–Trinajstić information content (AvgIpc) is 2.54. The first-order valence-electron chi connectivity index (χ1n) is 7.50. The molecule has 2 aromatic rings. The van der Waals surface area contributed by atoms with Crippen LogP contribution in [-0.4, -0.2) is 31.4 Å². The van der Waals surface area contributed by atoms with Gasteiger partial charge in [0.2, 0.25) is 0 Å². The third-order valence-electron chi connectivity index (χ3n) is 3.76. The lowest BCUT2D eigenvalue weighted by atomic mass is 10.1. The van der Waals surface area contributed by atoms with Gasteiger partial charge in [-0.25, -0.2) is 4.39 Å². The van der Waals surface area contributed by atoms with E-state index in [2.05, 4.69) is 5.32 Å². The van der Waals surface area contributed by atoms with Gasteiger partial charge in [-0.2, -0.15) is 0 Å². The Labute approximate surface area is 148 Å². The van der Waals surface area contributed by atoms with E-state index < -0.39 is 0 Å². The number of benzene rings is 2. The first-order chi connectivity index (χ1) is 11.0. The molecule has 6 heteroatoms. The Hall–Kier alpha value is -1.95. The second kappa shape index (κ2) is 9.37. The van der Waals surface area contributed by atoms with Crippen molar-refractivity contribution in [2.75, 3.05) is 20.6 Å². The fraction of sp³-hybridized carbons (Fsp3) is 0.278. The quantitative estimate of drug-likeness (QED) is 0.841. The van der Waals surface area contributed by atoms with Crippen LogP contribution in [0.4, 0.5) is 4.39 Å². The van der Waals surface area contributed by atoms with Crippen LogP contribution in [0.2, 0.25) is 0 Å². The van der Waals surface area contributed by atoms with E-state index >= 15 is 0 Å². The van der Waals surface area contributed by atoms with Gasteiger partial charge in [0, 0.05) is 18.7 Å². The predicted molar refractivity (Wildman–Crippen MR) is 96.7 cm³/mol. The van der Waals surface area contributed by atoms with Crippen molar-refractivity contribution in [1.29, 1.82) is 0 Å². The van der Waals surface area contributed by atoms with Gasteiger partial charge in [0.15, 0.2) is 0 Å². The smallest absolute Gasteiger partial charge is 0.251 e. The number of nitrogens with zero attached hydrogens (tertiary/aromatic N) is 1. The zero-order chi connectivity index (χ0) is 16.8. The van der Waals surface area contributed by atoms with Crippen molar-refractivity contribution in [3.05, 3.63) is 71.0 Å². The van der Waals surface area contributed by atoms with E-state index in [0.29, 0.717) is 18.7 Å². The van der Waals surface area contributed by atoms with Gasteiger partial charge in [-0.1, -0.05) is 24.3 Å². The highest BCUT2D eigenvalue weighted by molar-refractivity contribution is 5.94. The number of halogens is 2. The molecule has 0 fully saturated rings. The maximum Gasteiger partial charge on any atom is 0.251 e. The van der Waals surface area contributed by atoms with Crippen molar-refractivity contribution >= 4 is 18.3 Å². The molecule has 0 saturated heterocycles. The van der Waals surface area contributed by atoms with Crippen molar-refractivity contribution in [3.8, 4) is 0 Å². The third-order valence-corrected chi connectivity index (χ3v) is 3.76. The van der Waals surface area contributed by atoms with Crippen LogP contribution in [0.1, 0.15) is 27.5 Å². The highest BCUT2D eigenvalue weighted by Crippen LogP contribution is 2.18.